The number of likely N-dealkylation sites (tertiary alicyclic amines) is 2. The number of hydrogen-bond acceptors (Lipinski definition) is 4. The predicted octanol–water partition coefficient (Wildman–Crippen LogP) is 3.91. The largest absolute Gasteiger partial charge is 0.339 e. The number of aryl methyl sites for hydroxylation is 2. The first-order valence-corrected chi connectivity index (χ1v) is 12.6. The molecular weight excluding hydrogens is 452 g/mol. The molecule has 1 aromatic carbocycles. The second kappa shape index (κ2) is 8.62. The number of nitrogens with zero attached hydrogens (tertiary/aromatic N) is 6. The van der Waals surface area contributed by atoms with Gasteiger partial charge in [0.25, 0.3) is 11.8 Å². The molecule has 0 aliphatic carbocycles. The monoisotopic (exact) mass is 482 g/mol. The van der Waals surface area contributed by atoms with Gasteiger partial charge in [-0.25, -0.2) is 9.50 Å². The number of fused-ring (bicyclic) bond motifs is 1. The molecule has 0 bridgehead atoms. The van der Waals surface area contributed by atoms with Crippen molar-refractivity contribution in [1.82, 2.24) is 29.0 Å². The van der Waals surface area contributed by atoms with Crippen LogP contribution in [0.25, 0.3) is 11.3 Å². The highest BCUT2D eigenvalue weighted by Gasteiger charge is 2.43. The molecule has 5 heterocycles. The zero-order chi connectivity index (χ0) is 24.9. The van der Waals surface area contributed by atoms with E-state index in [1.807, 2.05) is 83.1 Å². The smallest absolute Gasteiger partial charge is 0.257 e. The average Bonchev–Trinajstić information content (AvgIpc) is 3.65. The lowest BCUT2D eigenvalue weighted by Gasteiger charge is -2.39. The third-order valence-electron chi connectivity index (χ3n) is 7.93. The summed E-state index contributed by atoms with van der Waals surface area (Å²) in [6, 6.07) is 13.6. The van der Waals surface area contributed by atoms with Crippen molar-refractivity contribution in [3.05, 3.63) is 83.6 Å². The fraction of sp³-hybridized carbons (Fsp3) is 0.357. The molecule has 0 atom stereocenters. The van der Waals surface area contributed by atoms with Crippen molar-refractivity contribution in [1.29, 1.82) is 0 Å². The Hall–Kier alpha value is -3.94. The van der Waals surface area contributed by atoms with E-state index in [-0.39, 0.29) is 17.2 Å². The van der Waals surface area contributed by atoms with Crippen LogP contribution in [0, 0.1) is 19.3 Å². The van der Waals surface area contributed by atoms with E-state index in [2.05, 4.69) is 10.1 Å². The number of carbonyl (C=O) groups excluding carboxylic acids is 2. The molecule has 36 heavy (non-hydrogen) atoms. The molecule has 2 aliphatic rings. The Labute approximate surface area is 210 Å². The molecule has 2 saturated heterocycles. The summed E-state index contributed by atoms with van der Waals surface area (Å²) in [5.74, 6) is 0.0932. The highest BCUT2D eigenvalue weighted by atomic mass is 16.2. The van der Waals surface area contributed by atoms with Crippen molar-refractivity contribution >= 4 is 17.5 Å². The first kappa shape index (κ1) is 22.5. The van der Waals surface area contributed by atoms with Gasteiger partial charge in [0.05, 0.1) is 28.2 Å². The number of benzene rings is 1. The first-order chi connectivity index (χ1) is 17.4. The van der Waals surface area contributed by atoms with Crippen molar-refractivity contribution in [2.75, 3.05) is 26.2 Å². The third-order valence-corrected chi connectivity index (χ3v) is 7.93. The molecule has 8 heteroatoms. The van der Waals surface area contributed by atoms with Crippen LogP contribution in [0.3, 0.4) is 0 Å². The fourth-order valence-corrected chi connectivity index (χ4v) is 5.79. The lowest BCUT2D eigenvalue weighted by molar-refractivity contribution is 0.0565. The van der Waals surface area contributed by atoms with Crippen LogP contribution in [0.2, 0.25) is 0 Å². The predicted molar refractivity (Wildman–Crippen MR) is 136 cm³/mol. The lowest BCUT2D eigenvalue weighted by atomic mass is 9.77. The summed E-state index contributed by atoms with van der Waals surface area (Å²) in [7, 11) is 0. The van der Waals surface area contributed by atoms with E-state index in [4.69, 9.17) is 0 Å². The standard InChI is InChI=1S/C28H30N6O2/c1-20-17-25-29-18-23(21(2)34(25)30-20)27(36)33-16-11-28(19-33)9-14-32(15-10-28)26(35)22-7-3-4-8-24(22)31-12-5-6-13-31/h3-8,12-13,17-18H,9-11,14-16,19H2,1-2H3. The molecule has 0 saturated carbocycles. The van der Waals surface area contributed by atoms with Crippen LogP contribution >= 0.6 is 0 Å². The highest BCUT2D eigenvalue weighted by Crippen LogP contribution is 2.41. The van der Waals surface area contributed by atoms with Crippen LogP contribution in [0.5, 0.6) is 0 Å². The summed E-state index contributed by atoms with van der Waals surface area (Å²) in [4.78, 5) is 35.3. The number of hydrogen-bond donors (Lipinski definition) is 0. The minimum atomic E-state index is 0.0195. The maximum absolute atomic E-state index is 13.5. The minimum Gasteiger partial charge on any atom is -0.339 e. The molecular formula is C28H30N6O2. The summed E-state index contributed by atoms with van der Waals surface area (Å²) in [6.07, 6.45) is 8.39. The number of para-hydroxylation sites is 1. The van der Waals surface area contributed by atoms with Gasteiger partial charge in [-0.3, -0.25) is 9.59 Å². The van der Waals surface area contributed by atoms with Crippen LogP contribution in [-0.4, -0.2) is 67.0 Å². The number of rotatable bonds is 3. The Morgan fingerprint density at radius 2 is 1.53 bits per heavy atom. The summed E-state index contributed by atoms with van der Waals surface area (Å²) < 4.78 is 3.74. The van der Waals surface area contributed by atoms with Gasteiger partial charge in [-0.05, 0) is 62.8 Å². The number of piperidine rings is 1. The second-order valence-corrected chi connectivity index (χ2v) is 10.2. The molecule has 2 fully saturated rings. The Balaban J connectivity index is 1.14. The first-order valence-electron chi connectivity index (χ1n) is 12.6. The Bertz CT molecular complexity index is 1450. The van der Waals surface area contributed by atoms with Gasteiger partial charge >= 0.3 is 0 Å². The van der Waals surface area contributed by atoms with Gasteiger partial charge < -0.3 is 14.4 Å². The molecule has 1 spiro atoms. The van der Waals surface area contributed by atoms with Crippen LogP contribution in [0.4, 0.5) is 0 Å². The van der Waals surface area contributed by atoms with E-state index < -0.39 is 0 Å². The summed E-state index contributed by atoms with van der Waals surface area (Å²) in [6.45, 7) is 6.73. The molecule has 4 aromatic rings. The SMILES string of the molecule is Cc1cc2ncc(C(=O)N3CCC4(CCN(C(=O)c5ccccc5-n5cccc5)CC4)C3)c(C)n2n1. The quantitative estimate of drug-likeness (QED) is 0.444. The van der Waals surface area contributed by atoms with Crippen molar-refractivity contribution in [3.8, 4) is 5.69 Å². The third kappa shape index (κ3) is 3.77. The fourth-order valence-electron chi connectivity index (χ4n) is 5.79. The van der Waals surface area contributed by atoms with Crippen LogP contribution in [-0.2, 0) is 0 Å². The number of amides is 2. The van der Waals surface area contributed by atoms with Crippen molar-refractivity contribution in [3.63, 3.8) is 0 Å². The van der Waals surface area contributed by atoms with Crippen molar-refractivity contribution < 1.29 is 9.59 Å². The molecule has 2 amide bonds. The molecule has 6 rings (SSSR count). The molecule has 3 aromatic heterocycles. The van der Waals surface area contributed by atoms with Gasteiger partial charge in [-0.15, -0.1) is 0 Å². The molecule has 0 unspecified atom stereocenters. The number of aromatic nitrogens is 4. The van der Waals surface area contributed by atoms with Crippen molar-refractivity contribution in [2.45, 2.75) is 33.1 Å². The Kier molecular flexibility index (Phi) is 5.39. The second-order valence-electron chi connectivity index (χ2n) is 10.2. The summed E-state index contributed by atoms with van der Waals surface area (Å²) >= 11 is 0. The van der Waals surface area contributed by atoms with E-state index in [1.54, 1.807) is 10.7 Å². The van der Waals surface area contributed by atoms with Gasteiger partial charge in [0.15, 0.2) is 5.65 Å². The van der Waals surface area contributed by atoms with Gasteiger partial charge in [-0.1, -0.05) is 12.1 Å². The minimum absolute atomic E-state index is 0.0195. The Morgan fingerprint density at radius 1 is 0.861 bits per heavy atom. The van der Waals surface area contributed by atoms with Crippen LogP contribution < -0.4 is 0 Å². The van der Waals surface area contributed by atoms with Gasteiger partial charge in [0.1, 0.15) is 0 Å². The molecule has 0 N–H and O–H groups in total. The molecule has 8 nitrogen and oxygen atoms in total. The average molecular weight is 483 g/mol. The van der Waals surface area contributed by atoms with E-state index in [0.29, 0.717) is 18.7 Å². The zero-order valence-corrected chi connectivity index (χ0v) is 20.7. The molecule has 0 radical (unpaired) electrons. The maximum Gasteiger partial charge on any atom is 0.257 e. The summed E-state index contributed by atoms with van der Waals surface area (Å²) in [5, 5.41) is 4.48. The van der Waals surface area contributed by atoms with Crippen LogP contribution in [0.1, 0.15) is 51.4 Å². The van der Waals surface area contributed by atoms with E-state index >= 15 is 0 Å². The number of carbonyl (C=O) groups is 2. The van der Waals surface area contributed by atoms with E-state index in [9.17, 15) is 9.59 Å². The topological polar surface area (TPSA) is 75.7 Å². The molecule has 2 aliphatic heterocycles. The zero-order valence-electron chi connectivity index (χ0n) is 20.7. The lowest BCUT2D eigenvalue weighted by Crippen LogP contribution is -2.45. The van der Waals surface area contributed by atoms with Gasteiger partial charge in [0.2, 0.25) is 0 Å². The normalized spacial score (nSPS) is 17.3. The maximum atomic E-state index is 13.5. The highest BCUT2D eigenvalue weighted by molar-refractivity contribution is 5.98. The summed E-state index contributed by atoms with van der Waals surface area (Å²) in [5.41, 5.74) is 4.76. The van der Waals surface area contributed by atoms with E-state index in [1.165, 1.54) is 0 Å². The van der Waals surface area contributed by atoms with E-state index in [0.717, 1.165) is 60.6 Å². The molecule has 184 valence electrons. The van der Waals surface area contributed by atoms with Crippen LogP contribution in [0.15, 0.2) is 61.1 Å². The van der Waals surface area contributed by atoms with Gasteiger partial charge in [-0.2, -0.15) is 5.10 Å². The van der Waals surface area contributed by atoms with Crippen molar-refractivity contribution in [2.24, 2.45) is 5.41 Å². The van der Waals surface area contributed by atoms with Gasteiger partial charge in [0, 0.05) is 50.8 Å². The Morgan fingerprint density at radius 3 is 2.28 bits per heavy atom.